The summed E-state index contributed by atoms with van der Waals surface area (Å²) in [4.78, 5) is 24.4. The fraction of sp³-hybridized carbons (Fsp3) is 0.304. The number of carbonyl (C=O) groups excluding carboxylic acids is 2. The Morgan fingerprint density at radius 1 is 1.05 bits per heavy atom. The van der Waals surface area contributed by atoms with Gasteiger partial charge < -0.3 is 19.1 Å². The number of nitrogens with zero attached hydrogens (tertiary/aromatic N) is 2. The third-order valence-corrected chi connectivity index (χ3v) is 5.82. The maximum absolute atomic E-state index is 14.6. The number of methoxy groups -OCH3 is 1. The molecule has 0 saturated heterocycles. The van der Waals surface area contributed by atoms with E-state index in [1.807, 2.05) is 0 Å². The van der Waals surface area contributed by atoms with Crippen LogP contribution >= 0.6 is 0 Å². The van der Waals surface area contributed by atoms with Crippen molar-refractivity contribution < 1.29 is 46.4 Å². The van der Waals surface area contributed by atoms with Crippen molar-refractivity contribution in [3.63, 3.8) is 0 Å². The number of carbonyl (C=O) groups is 2. The number of hydrogen-bond acceptors (Lipinski definition) is 7. The minimum atomic E-state index is -2.28. The van der Waals surface area contributed by atoms with E-state index in [-0.39, 0.29) is 36.9 Å². The number of hydrogen-bond donors (Lipinski definition) is 2. The SMILES string of the molecule is C=C.COCCOC(=O)N(C)CCN(CC(=O)NO)S(=O)c1cc(F)c(Oc2ccc(F)cc2)c(F)c1. The Morgan fingerprint density at radius 2 is 1.65 bits per heavy atom. The number of benzene rings is 2. The lowest BCUT2D eigenvalue weighted by molar-refractivity contribution is -0.129. The van der Waals surface area contributed by atoms with Crippen molar-refractivity contribution >= 4 is 23.0 Å². The third kappa shape index (κ3) is 10.2. The van der Waals surface area contributed by atoms with Crippen molar-refractivity contribution in [2.24, 2.45) is 0 Å². The Hall–Kier alpha value is -3.46. The van der Waals surface area contributed by atoms with E-state index < -0.39 is 52.7 Å². The first-order valence-electron chi connectivity index (χ1n) is 10.5. The van der Waals surface area contributed by atoms with Crippen LogP contribution in [0.15, 0.2) is 54.5 Å². The number of ether oxygens (including phenoxy) is 3. The van der Waals surface area contributed by atoms with Crippen molar-refractivity contribution in [2.75, 3.05) is 47.0 Å². The lowest BCUT2D eigenvalue weighted by Gasteiger charge is -2.24. The molecule has 0 radical (unpaired) electrons. The Balaban J connectivity index is 0.00000334. The first-order chi connectivity index (χ1) is 17.7. The molecule has 0 fully saturated rings. The number of likely N-dealkylation sites (N-methyl/N-ethyl adjacent to an activating group) is 1. The minimum absolute atomic E-state index is 0.00708. The van der Waals surface area contributed by atoms with Crippen LogP contribution in [0.2, 0.25) is 0 Å². The van der Waals surface area contributed by atoms with E-state index in [2.05, 4.69) is 13.2 Å². The van der Waals surface area contributed by atoms with Gasteiger partial charge >= 0.3 is 6.09 Å². The fourth-order valence-electron chi connectivity index (χ4n) is 2.60. The van der Waals surface area contributed by atoms with Gasteiger partial charge in [-0.05, 0) is 36.4 Å². The van der Waals surface area contributed by atoms with Gasteiger partial charge in [-0.2, -0.15) is 0 Å². The maximum Gasteiger partial charge on any atom is 0.409 e. The quantitative estimate of drug-likeness (QED) is 0.181. The summed E-state index contributed by atoms with van der Waals surface area (Å²) in [5.74, 6) is -4.72. The van der Waals surface area contributed by atoms with Gasteiger partial charge in [0.1, 0.15) is 29.2 Å². The molecule has 14 heteroatoms. The van der Waals surface area contributed by atoms with E-state index in [0.717, 1.165) is 33.5 Å². The van der Waals surface area contributed by atoms with Gasteiger partial charge in [0, 0.05) is 27.2 Å². The van der Waals surface area contributed by atoms with Crippen LogP contribution < -0.4 is 10.2 Å². The summed E-state index contributed by atoms with van der Waals surface area (Å²) >= 11 is 0. The highest BCUT2D eigenvalue weighted by molar-refractivity contribution is 7.82. The summed E-state index contributed by atoms with van der Waals surface area (Å²) in [7, 11) is 0.546. The summed E-state index contributed by atoms with van der Waals surface area (Å²) in [5, 5.41) is 8.82. The second kappa shape index (κ2) is 16.3. The van der Waals surface area contributed by atoms with Crippen molar-refractivity contribution in [3.8, 4) is 11.5 Å². The molecule has 2 aromatic rings. The summed E-state index contributed by atoms with van der Waals surface area (Å²) in [5.41, 5.74) is 1.38. The van der Waals surface area contributed by atoms with Crippen molar-refractivity contribution in [2.45, 2.75) is 4.90 Å². The van der Waals surface area contributed by atoms with Gasteiger partial charge in [0.25, 0.3) is 5.91 Å². The summed E-state index contributed by atoms with van der Waals surface area (Å²) < 4.78 is 71.1. The van der Waals surface area contributed by atoms with Crippen molar-refractivity contribution in [3.05, 3.63) is 67.0 Å². The molecule has 1 unspecified atom stereocenters. The Bertz CT molecular complexity index is 1040. The number of hydroxylamine groups is 1. The number of nitrogens with one attached hydrogen (secondary N) is 1. The zero-order chi connectivity index (χ0) is 28.0. The molecule has 10 nitrogen and oxygen atoms in total. The molecule has 0 aliphatic heterocycles. The highest BCUT2D eigenvalue weighted by Gasteiger charge is 2.24. The molecule has 0 saturated carbocycles. The first kappa shape index (κ1) is 31.6. The Morgan fingerprint density at radius 3 is 2.19 bits per heavy atom. The topological polar surface area (TPSA) is 118 Å². The average Bonchev–Trinajstić information content (AvgIpc) is 2.89. The smallest absolute Gasteiger partial charge is 0.409 e. The van der Waals surface area contributed by atoms with Crippen molar-refractivity contribution in [1.82, 2.24) is 14.7 Å². The van der Waals surface area contributed by atoms with Gasteiger partial charge in [-0.1, -0.05) is 0 Å². The van der Waals surface area contributed by atoms with Crippen molar-refractivity contribution in [1.29, 1.82) is 0 Å². The highest BCUT2D eigenvalue weighted by Crippen LogP contribution is 2.30. The fourth-order valence-corrected chi connectivity index (χ4v) is 3.78. The summed E-state index contributed by atoms with van der Waals surface area (Å²) in [6.07, 6.45) is -0.709. The van der Waals surface area contributed by atoms with Gasteiger partial charge in [0.2, 0.25) is 0 Å². The molecular formula is C23H28F3N3O7S. The molecule has 2 N–H and O–H groups in total. The Labute approximate surface area is 214 Å². The minimum Gasteiger partial charge on any atom is -0.451 e. The highest BCUT2D eigenvalue weighted by atomic mass is 32.2. The molecule has 1 atom stereocenters. The van der Waals surface area contributed by atoms with Gasteiger partial charge in [-0.25, -0.2) is 32.0 Å². The second-order valence-electron chi connectivity index (χ2n) is 6.95. The molecule has 0 aliphatic carbocycles. The zero-order valence-electron chi connectivity index (χ0n) is 20.2. The molecule has 2 aromatic carbocycles. The standard InChI is InChI=1S/C21H24F3N3O7S.C2H4/c1-26(21(29)33-10-9-32-2)7-8-27(13-19(28)25-30)35(31)16-11-17(23)20(18(24)12-16)34-15-5-3-14(22)4-6-15;1-2/h3-6,11-12,30H,7-10,13H2,1-2H3,(H,25,28);1-2H2. The Kier molecular flexibility index (Phi) is 13.9. The van der Waals surface area contributed by atoms with Crippen LogP contribution in [-0.4, -0.2) is 77.6 Å². The predicted octanol–water partition coefficient (Wildman–Crippen LogP) is 3.24. The molecule has 0 heterocycles. The number of halogens is 3. The maximum atomic E-state index is 14.6. The van der Waals surface area contributed by atoms with Crippen LogP contribution in [-0.2, 0) is 25.3 Å². The van der Waals surface area contributed by atoms with Crippen LogP contribution in [0.4, 0.5) is 18.0 Å². The van der Waals surface area contributed by atoms with E-state index in [9.17, 15) is 27.0 Å². The molecule has 0 aliphatic rings. The molecule has 2 amide bonds. The molecular weight excluding hydrogens is 519 g/mol. The van der Waals surface area contributed by atoms with E-state index in [1.165, 1.54) is 31.8 Å². The van der Waals surface area contributed by atoms with E-state index >= 15 is 0 Å². The molecule has 0 spiro atoms. The largest absolute Gasteiger partial charge is 0.451 e. The third-order valence-electron chi connectivity index (χ3n) is 4.40. The van der Waals surface area contributed by atoms with Gasteiger partial charge in [-0.3, -0.25) is 10.0 Å². The zero-order valence-corrected chi connectivity index (χ0v) is 21.1. The van der Waals surface area contributed by atoms with Gasteiger partial charge in [0.15, 0.2) is 17.4 Å². The van der Waals surface area contributed by atoms with E-state index in [1.54, 1.807) is 0 Å². The predicted molar refractivity (Wildman–Crippen MR) is 128 cm³/mol. The number of amides is 2. The van der Waals surface area contributed by atoms with Crippen LogP contribution in [0.1, 0.15) is 0 Å². The normalized spacial score (nSPS) is 11.2. The first-order valence-corrected chi connectivity index (χ1v) is 11.7. The summed E-state index contributed by atoms with van der Waals surface area (Å²) in [6, 6.07) is 5.94. The molecule has 0 aromatic heterocycles. The molecule has 0 bridgehead atoms. The van der Waals surface area contributed by atoms with Crippen LogP contribution in [0.3, 0.4) is 0 Å². The summed E-state index contributed by atoms with van der Waals surface area (Å²) in [6.45, 7) is 5.31. The van der Waals surface area contributed by atoms with E-state index in [4.69, 9.17) is 19.4 Å². The van der Waals surface area contributed by atoms with E-state index in [0.29, 0.717) is 0 Å². The van der Waals surface area contributed by atoms with Crippen LogP contribution in [0, 0.1) is 17.5 Å². The van der Waals surface area contributed by atoms with Gasteiger partial charge in [-0.15, -0.1) is 13.2 Å². The average molecular weight is 548 g/mol. The second-order valence-corrected chi connectivity index (χ2v) is 8.43. The lowest BCUT2D eigenvalue weighted by Crippen LogP contribution is -2.42. The van der Waals surface area contributed by atoms with Gasteiger partial charge in [0.05, 0.1) is 18.0 Å². The van der Waals surface area contributed by atoms with Crippen LogP contribution in [0.25, 0.3) is 0 Å². The molecule has 2 rings (SSSR count). The van der Waals surface area contributed by atoms with Crippen LogP contribution in [0.5, 0.6) is 11.5 Å². The monoisotopic (exact) mass is 547 g/mol. The molecule has 204 valence electrons. The lowest BCUT2D eigenvalue weighted by atomic mass is 10.3. The number of rotatable bonds is 12. The molecule has 37 heavy (non-hydrogen) atoms.